The number of hydrogen-bond donors (Lipinski definition) is 1. The van der Waals surface area contributed by atoms with E-state index in [1.54, 1.807) is 12.1 Å². The zero-order valence-electron chi connectivity index (χ0n) is 18.1. The Hall–Kier alpha value is -1.56. The molecule has 2 aliphatic rings. The van der Waals surface area contributed by atoms with Gasteiger partial charge in [0.25, 0.3) is 0 Å². The minimum absolute atomic E-state index is 0.0238. The van der Waals surface area contributed by atoms with E-state index in [2.05, 4.69) is 23.8 Å². The Morgan fingerprint density at radius 1 is 1.23 bits per heavy atom. The minimum atomic E-state index is -0.373. The van der Waals surface area contributed by atoms with Gasteiger partial charge in [-0.3, -0.25) is 0 Å². The van der Waals surface area contributed by atoms with E-state index in [9.17, 15) is 9.90 Å². The summed E-state index contributed by atoms with van der Waals surface area (Å²) in [5.41, 5.74) is 1.65. The molecule has 5 nitrogen and oxygen atoms in total. The summed E-state index contributed by atoms with van der Waals surface area (Å²) in [6, 6.07) is 3.95. The molecule has 0 amide bonds. The fourth-order valence-electron chi connectivity index (χ4n) is 5.53. The Morgan fingerprint density at radius 3 is 2.83 bits per heavy atom. The van der Waals surface area contributed by atoms with Crippen LogP contribution in [0.1, 0.15) is 56.6 Å². The Kier molecular flexibility index (Phi) is 6.71. The summed E-state index contributed by atoms with van der Waals surface area (Å²) in [6.45, 7) is 6.01. The van der Waals surface area contributed by atoms with Crippen LogP contribution in [0, 0.1) is 5.92 Å². The van der Waals surface area contributed by atoms with E-state index in [-0.39, 0.29) is 11.4 Å². The number of halogens is 1. The highest BCUT2D eigenvalue weighted by Crippen LogP contribution is 2.37. The zero-order chi connectivity index (χ0) is 21.3. The van der Waals surface area contributed by atoms with Crippen molar-refractivity contribution >= 4 is 22.6 Å². The van der Waals surface area contributed by atoms with Crippen LogP contribution in [0.4, 0.5) is 0 Å². The number of hydrogen-bond acceptors (Lipinski definition) is 5. The van der Waals surface area contributed by atoms with Crippen LogP contribution in [0.2, 0.25) is 5.02 Å². The number of nitrogens with zero attached hydrogens (tertiary/aromatic N) is 2. The number of aromatic hydroxyl groups is 1. The van der Waals surface area contributed by atoms with Gasteiger partial charge in [-0.2, -0.15) is 0 Å². The standard InChI is InChI=1S/C24H33ClN2O3/c1-3-7-16-12-22(28)30-24-18(16)13-20(25)23(29)19(24)15-26(2)14-17-8-6-11-27-10-5-4-9-21(17)27/h12-13,17,21,29H,3-11,14-15H2,1-2H3. The van der Waals surface area contributed by atoms with Crippen LogP contribution in [0.3, 0.4) is 0 Å². The summed E-state index contributed by atoms with van der Waals surface area (Å²) in [7, 11) is 2.09. The Balaban J connectivity index is 1.61. The number of fused-ring (bicyclic) bond motifs is 2. The van der Waals surface area contributed by atoms with E-state index in [0.29, 0.717) is 34.7 Å². The highest BCUT2D eigenvalue weighted by atomic mass is 35.5. The second kappa shape index (κ2) is 9.29. The molecule has 30 heavy (non-hydrogen) atoms. The van der Waals surface area contributed by atoms with Crippen LogP contribution in [-0.4, -0.2) is 47.6 Å². The summed E-state index contributed by atoms with van der Waals surface area (Å²) < 4.78 is 5.58. The fourth-order valence-corrected chi connectivity index (χ4v) is 5.75. The molecule has 1 aromatic carbocycles. The first-order valence-corrected chi connectivity index (χ1v) is 11.8. The molecule has 2 atom stereocenters. The van der Waals surface area contributed by atoms with E-state index in [1.165, 1.54) is 45.2 Å². The lowest BCUT2D eigenvalue weighted by molar-refractivity contribution is 0.0434. The molecule has 2 fully saturated rings. The van der Waals surface area contributed by atoms with Crippen LogP contribution in [0.25, 0.3) is 11.0 Å². The maximum Gasteiger partial charge on any atom is 0.336 e. The Bertz CT molecular complexity index is 956. The first-order chi connectivity index (χ1) is 14.5. The number of benzene rings is 1. The highest BCUT2D eigenvalue weighted by Gasteiger charge is 2.33. The number of aryl methyl sites for hydroxylation is 1. The van der Waals surface area contributed by atoms with Crippen molar-refractivity contribution in [3.8, 4) is 5.75 Å². The SMILES string of the molecule is CCCc1cc(=O)oc2c(CN(C)CC3CCCN4CCCCC34)c(O)c(Cl)cc12. The van der Waals surface area contributed by atoms with Crippen molar-refractivity contribution in [3.63, 3.8) is 0 Å². The molecule has 2 aliphatic heterocycles. The largest absolute Gasteiger partial charge is 0.506 e. The van der Waals surface area contributed by atoms with Crippen LogP contribution in [-0.2, 0) is 13.0 Å². The highest BCUT2D eigenvalue weighted by molar-refractivity contribution is 6.33. The maximum atomic E-state index is 12.2. The predicted molar refractivity (Wildman–Crippen MR) is 121 cm³/mol. The Labute approximate surface area is 183 Å². The molecule has 0 spiro atoms. The van der Waals surface area contributed by atoms with Crippen molar-refractivity contribution < 1.29 is 9.52 Å². The topological polar surface area (TPSA) is 56.9 Å². The van der Waals surface area contributed by atoms with Gasteiger partial charge in [-0.1, -0.05) is 31.4 Å². The fraction of sp³-hybridized carbons (Fsp3) is 0.625. The van der Waals surface area contributed by atoms with Gasteiger partial charge in [-0.25, -0.2) is 4.79 Å². The average molecular weight is 433 g/mol. The lowest BCUT2D eigenvalue weighted by Gasteiger charge is -2.45. The monoisotopic (exact) mass is 432 g/mol. The molecule has 1 aromatic heterocycles. The minimum Gasteiger partial charge on any atom is -0.506 e. The molecule has 6 heteroatoms. The normalized spacial score (nSPS) is 22.5. The van der Waals surface area contributed by atoms with Crippen LogP contribution < -0.4 is 5.63 Å². The second-order valence-electron chi connectivity index (χ2n) is 9.10. The zero-order valence-corrected chi connectivity index (χ0v) is 18.9. The molecule has 4 rings (SSSR count). The van der Waals surface area contributed by atoms with Gasteiger partial charge in [0.05, 0.1) is 10.6 Å². The van der Waals surface area contributed by atoms with Gasteiger partial charge >= 0.3 is 5.63 Å². The molecule has 2 aromatic rings. The molecule has 0 bridgehead atoms. The summed E-state index contributed by atoms with van der Waals surface area (Å²) in [4.78, 5) is 17.1. The quantitative estimate of drug-likeness (QED) is 0.664. The molecule has 1 N–H and O–H groups in total. The molecule has 0 aliphatic carbocycles. The number of rotatable bonds is 6. The molecular weight excluding hydrogens is 400 g/mol. The van der Waals surface area contributed by atoms with Crippen molar-refractivity contribution in [3.05, 3.63) is 38.7 Å². The lowest BCUT2D eigenvalue weighted by atomic mass is 9.83. The number of phenols is 1. The molecular formula is C24H33ClN2O3. The van der Waals surface area contributed by atoms with Crippen molar-refractivity contribution in [2.75, 3.05) is 26.7 Å². The summed E-state index contributed by atoms with van der Waals surface area (Å²) in [5, 5.41) is 11.9. The summed E-state index contributed by atoms with van der Waals surface area (Å²) in [5.74, 6) is 0.662. The number of piperidine rings is 2. The average Bonchev–Trinajstić information content (AvgIpc) is 2.73. The van der Waals surface area contributed by atoms with E-state index in [0.717, 1.165) is 30.3 Å². The van der Waals surface area contributed by atoms with Crippen molar-refractivity contribution in [1.82, 2.24) is 9.80 Å². The Morgan fingerprint density at radius 2 is 2.03 bits per heavy atom. The van der Waals surface area contributed by atoms with Gasteiger partial charge in [0.1, 0.15) is 11.3 Å². The first kappa shape index (κ1) is 21.7. The van der Waals surface area contributed by atoms with Crippen LogP contribution >= 0.6 is 11.6 Å². The summed E-state index contributed by atoms with van der Waals surface area (Å²) >= 11 is 6.38. The van der Waals surface area contributed by atoms with Crippen LogP contribution in [0.15, 0.2) is 21.3 Å². The summed E-state index contributed by atoms with van der Waals surface area (Å²) in [6.07, 6.45) is 8.15. The smallest absolute Gasteiger partial charge is 0.336 e. The third kappa shape index (κ3) is 4.39. The van der Waals surface area contributed by atoms with Crippen molar-refractivity contribution in [2.45, 2.75) is 64.5 Å². The van der Waals surface area contributed by atoms with E-state index >= 15 is 0 Å². The predicted octanol–water partition coefficient (Wildman–Crippen LogP) is 4.80. The van der Waals surface area contributed by atoms with Gasteiger partial charge in [0, 0.05) is 30.6 Å². The molecule has 3 heterocycles. The van der Waals surface area contributed by atoms with E-state index < -0.39 is 0 Å². The van der Waals surface area contributed by atoms with Gasteiger partial charge in [0.2, 0.25) is 0 Å². The molecule has 0 radical (unpaired) electrons. The number of phenolic OH excluding ortho intramolecular Hbond substituents is 1. The first-order valence-electron chi connectivity index (χ1n) is 11.4. The maximum absolute atomic E-state index is 12.2. The van der Waals surface area contributed by atoms with Gasteiger partial charge in [-0.05, 0) is 69.8 Å². The third-order valence-corrected chi connectivity index (χ3v) is 7.15. The van der Waals surface area contributed by atoms with E-state index in [4.69, 9.17) is 16.0 Å². The third-order valence-electron chi connectivity index (χ3n) is 6.86. The van der Waals surface area contributed by atoms with E-state index in [1.807, 2.05) is 0 Å². The second-order valence-corrected chi connectivity index (χ2v) is 9.51. The molecule has 2 saturated heterocycles. The van der Waals surface area contributed by atoms with Crippen molar-refractivity contribution in [2.24, 2.45) is 5.92 Å². The van der Waals surface area contributed by atoms with Gasteiger partial charge < -0.3 is 19.3 Å². The van der Waals surface area contributed by atoms with Gasteiger partial charge in [-0.15, -0.1) is 0 Å². The molecule has 0 saturated carbocycles. The van der Waals surface area contributed by atoms with Gasteiger partial charge in [0.15, 0.2) is 0 Å². The van der Waals surface area contributed by atoms with Crippen molar-refractivity contribution in [1.29, 1.82) is 0 Å². The van der Waals surface area contributed by atoms with Crippen LogP contribution in [0.5, 0.6) is 5.75 Å². The molecule has 164 valence electrons. The lowest BCUT2D eigenvalue weighted by Crippen LogP contribution is -2.50. The molecule has 2 unspecified atom stereocenters.